The molecule has 0 radical (unpaired) electrons. The number of benzene rings is 1. The Morgan fingerprint density at radius 3 is 2.71 bits per heavy atom. The molecule has 0 aliphatic carbocycles. The van der Waals surface area contributed by atoms with Gasteiger partial charge in [-0.1, -0.05) is 30.3 Å². The van der Waals surface area contributed by atoms with Gasteiger partial charge >= 0.3 is 0 Å². The van der Waals surface area contributed by atoms with E-state index >= 15 is 0 Å². The minimum atomic E-state index is -0.422. The summed E-state index contributed by atoms with van der Waals surface area (Å²) in [6.45, 7) is 1.70. The summed E-state index contributed by atoms with van der Waals surface area (Å²) in [7, 11) is 2.19. The molecule has 1 amide bonds. The zero-order valence-corrected chi connectivity index (χ0v) is 12.7. The molecule has 2 aliphatic heterocycles. The van der Waals surface area contributed by atoms with Crippen LogP contribution in [-0.4, -0.2) is 54.0 Å². The van der Waals surface area contributed by atoms with E-state index in [1.54, 1.807) is 0 Å². The predicted octanol–water partition coefficient (Wildman–Crippen LogP) is 1.25. The minimum Gasteiger partial charge on any atom is -0.340 e. The molecule has 2 N–H and O–H groups in total. The first-order valence-corrected chi connectivity index (χ1v) is 7.95. The van der Waals surface area contributed by atoms with Gasteiger partial charge in [0.05, 0.1) is 6.04 Å². The third-order valence-electron chi connectivity index (χ3n) is 5.08. The molecule has 3 unspecified atom stereocenters. The fourth-order valence-electron chi connectivity index (χ4n) is 3.70. The van der Waals surface area contributed by atoms with Crippen molar-refractivity contribution in [1.29, 1.82) is 0 Å². The van der Waals surface area contributed by atoms with Gasteiger partial charge in [0.2, 0.25) is 5.91 Å². The number of carbonyl (C=O) groups is 1. The highest BCUT2D eigenvalue weighted by atomic mass is 16.2. The Balaban J connectivity index is 1.62. The van der Waals surface area contributed by atoms with E-state index in [9.17, 15) is 4.79 Å². The van der Waals surface area contributed by atoms with Crippen LogP contribution in [0, 0.1) is 0 Å². The van der Waals surface area contributed by atoms with Crippen LogP contribution in [0.15, 0.2) is 30.3 Å². The van der Waals surface area contributed by atoms with Crippen molar-refractivity contribution in [2.75, 3.05) is 20.1 Å². The lowest BCUT2D eigenvalue weighted by atomic mass is 10.0. The van der Waals surface area contributed by atoms with E-state index in [4.69, 9.17) is 5.73 Å². The molecule has 21 heavy (non-hydrogen) atoms. The summed E-state index contributed by atoms with van der Waals surface area (Å²) in [5.41, 5.74) is 7.29. The van der Waals surface area contributed by atoms with E-state index in [2.05, 4.69) is 11.9 Å². The van der Waals surface area contributed by atoms with Gasteiger partial charge in [-0.2, -0.15) is 0 Å². The third-order valence-corrected chi connectivity index (χ3v) is 5.08. The quantitative estimate of drug-likeness (QED) is 0.910. The van der Waals surface area contributed by atoms with Gasteiger partial charge in [-0.05, 0) is 38.3 Å². The van der Waals surface area contributed by atoms with Crippen molar-refractivity contribution in [2.24, 2.45) is 5.73 Å². The standard InChI is InChI=1S/C17H25N3O/c1-19-14-7-8-15(19)12-20(10-9-14)17(21)16(18)11-13-5-3-2-4-6-13/h2-6,14-16H,7-12,18H2,1H3. The van der Waals surface area contributed by atoms with E-state index in [1.165, 1.54) is 12.8 Å². The van der Waals surface area contributed by atoms with Gasteiger partial charge < -0.3 is 10.6 Å². The van der Waals surface area contributed by atoms with Crippen molar-refractivity contribution in [3.05, 3.63) is 35.9 Å². The lowest BCUT2D eigenvalue weighted by Gasteiger charge is -2.28. The highest BCUT2D eigenvalue weighted by molar-refractivity contribution is 5.82. The van der Waals surface area contributed by atoms with Crippen LogP contribution >= 0.6 is 0 Å². The first-order valence-electron chi connectivity index (χ1n) is 7.95. The summed E-state index contributed by atoms with van der Waals surface area (Å²) in [4.78, 5) is 17.1. The summed E-state index contributed by atoms with van der Waals surface area (Å²) >= 11 is 0. The maximum Gasteiger partial charge on any atom is 0.239 e. The molecule has 3 rings (SSSR count). The number of fused-ring (bicyclic) bond motifs is 2. The van der Waals surface area contributed by atoms with Crippen molar-refractivity contribution in [2.45, 2.75) is 43.8 Å². The Labute approximate surface area is 126 Å². The molecular weight excluding hydrogens is 262 g/mol. The van der Waals surface area contributed by atoms with Crippen molar-refractivity contribution in [1.82, 2.24) is 9.80 Å². The molecule has 114 valence electrons. The van der Waals surface area contributed by atoms with Gasteiger partial charge in [-0.3, -0.25) is 9.69 Å². The fraction of sp³-hybridized carbons (Fsp3) is 0.588. The van der Waals surface area contributed by atoms with Gasteiger partial charge in [0.1, 0.15) is 0 Å². The molecule has 1 aromatic carbocycles. The lowest BCUT2D eigenvalue weighted by Crippen LogP contribution is -2.48. The second-order valence-electron chi connectivity index (χ2n) is 6.42. The summed E-state index contributed by atoms with van der Waals surface area (Å²) in [5.74, 6) is 0.111. The van der Waals surface area contributed by atoms with Gasteiger partial charge in [0.15, 0.2) is 0 Å². The molecular formula is C17H25N3O. The molecule has 0 saturated carbocycles. The van der Waals surface area contributed by atoms with Gasteiger partial charge in [0.25, 0.3) is 0 Å². The Bertz CT molecular complexity index is 490. The Morgan fingerprint density at radius 1 is 1.24 bits per heavy atom. The van der Waals surface area contributed by atoms with Crippen LogP contribution in [0.25, 0.3) is 0 Å². The van der Waals surface area contributed by atoms with Gasteiger partial charge in [-0.15, -0.1) is 0 Å². The first-order chi connectivity index (χ1) is 10.1. The number of hydrogen-bond acceptors (Lipinski definition) is 3. The number of nitrogens with zero attached hydrogens (tertiary/aromatic N) is 2. The monoisotopic (exact) mass is 287 g/mol. The lowest BCUT2D eigenvalue weighted by molar-refractivity contribution is -0.132. The van der Waals surface area contributed by atoms with Crippen LogP contribution < -0.4 is 5.73 Å². The highest BCUT2D eigenvalue weighted by Gasteiger charge is 2.36. The largest absolute Gasteiger partial charge is 0.340 e. The average Bonchev–Trinajstić information content (AvgIpc) is 2.72. The van der Waals surface area contributed by atoms with Gasteiger partial charge in [0, 0.05) is 25.2 Å². The number of nitrogens with two attached hydrogens (primary N) is 1. The molecule has 2 aliphatic rings. The Hall–Kier alpha value is -1.39. The number of carbonyl (C=O) groups excluding carboxylic acids is 1. The van der Waals surface area contributed by atoms with E-state index in [0.29, 0.717) is 18.5 Å². The Morgan fingerprint density at radius 2 is 1.95 bits per heavy atom. The minimum absolute atomic E-state index is 0.111. The fourth-order valence-corrected chi connectivity index (χ4v) is 3.70. The molecule has 0 aromatic heterocycles. The van der Waals surface area contributed by atoms with Gasteiger partial charge in [-0.25, -0.2) is 0 Å². The molecule has 2 fully saturated rings. The van der Waals surface area contributed by atoms with Crippen LogP contribution in [0.5, 0.6) is 0 Å². The number of rotatable bonds is 3. The normalized spacial score (nSPS) is 27.4. The number of likely N-dealkylation sites (tertiary alicyclic amines) is 1. The first kappa shape index (κ1) is 14.5. The smallest absolute Gasteiger partial charge is 0.239 e. The van der Waals surface area contributed by atoms with Crippen LogP contribution in [0.2, 0.25) is 0 Å². The molecule has 1 aromatic rings. The number of likely N-dealkylation sites (N-methyl/N-ethyl adjacent to an activating group) is 1. The summed E-state index contributed by atoms with van der Waals surface area (Å²) in [6.07, 6.45) is 4.19. The van der Waals surface area contributed by atoms with E-state index in [1.807, 2.05) is 35.2 Å². The molecule has 2 saturated heterocycles. The number of hydrogen-bond donors (Lipinski definition) is 1. The van der Waals surface area contributed by atoms with E-state index < -0.39 is 6.04 Å². The van der Waals surface area contributed by atoms with E-state index in [-0.39, 0.29) is 5.91 Å². The second kappa shape index (κ2) is 6.16. The maximum absolute atomic E-state index is 12.6. The topological polar surface area (TPSA) is 49.6 Å². The SMILES string of the molecule is CN1C2CCC1CN(C(=O)C(N)Cc1ccccc1)CC2. The van der Waals surface area contributed by atoms with Crippen molar-refractivity contribution >= 4 is 5.91 Å². The predicted molar refractivity (Wildman–Crippen MR) is 83.9 cm³/mol. The van der Waals surface area contributed by atoms with Crippen molar-refractivity contribution in [3.8, 4) is 0 Å². The summed E-state index contributed by atoms with van der Waals surface area (Å²) in [6, 6.07) is 10.8. The highest BCUT2D eigenvalue weighted by Crippen LogP contribution is 2.28. The molecule has 4 nitrogen and oxygen atoms in total. The second-order valence-corrected chi connectivity index (χ2v) is 6.42. The van der Waals surface area contributed by atoms with Crippen LogP contribution in [0.1, 0.15) is 24.8 Å². The third kappa shape index (κ3) is 3.11. The maximum atomic E-state index is 12.6. The Kier molecular flexibility index (Phi) is 4.27. The molecule has 2 bridgehead atoms. The van der Waals surface area contributed by atoms with Crippen molar-refractivity contribution < 1.29 is 4.79 Å². The molecule has 3 atom stereocenters. The van der Waals surface area contributed by atoms with Crippen LogP contribution in [-0.2, 0) is 11.2 Å². The molecule has 2 heterocycles. The molecule has 0 spiro atoms. The summed E-state index contributed by atoms with van der Waals surface area (Å²) in [5, 5.41) is 0. The average molecular weight is 287 g/mol. The summed E-state index contributed by atoms with van der Waals surface area (Å²) < 4.78 is 0. The van der Waals surface area contributed by atoms with E-state index in [0.717, 1.165) is 25.1 Å². The van der Waals surface area contributed by atoms with Crippen LogP contribution in [0.3, 0.4) is 0 Å². The van der Waals surface area contributed by atoms with Crippen molar-refractivity contribution in [3.63, 3.8) is 0 Å². The zero-order chi connectivity index (χ0) is 14.8. The zero-order valence-electron chi connectivity index (χ0n) is 12.7. The molecule has 4 heteroatoms. The number of amides is 1. The van der Waals surface area contributed by atoms with Crippen LogP contribution in [0.4, 0.5) is 0 Å².